The molecule has 114 valence electrons. The molecule has 0 aromatic rings. The second-order valence-corrected chi connectivity index (χ2v) is 6.85. The molecule has 0 aromatic carbocycles. The highest BCUT2D eigenvalue weighted by atomic mass is 16.4. The number of nitrogens with one attached hydrogen (secondary N) is 1. The number of hydrogen-bond donors (Lipinski definition) is 2. The minimum Gasteiger partial charge on any atom is -0.481 e. The Morgan fingerprint density at radius 1 is 1.10 bits per heavy atom. The predicted molar refractivity (Wildman–Crippen MR) is 77.3 cm³/mol. The molecule has 4 nitrogen and oxygen atoms in total. The van der Waals surface area contributed by atoms with Crippen molar-refractivity contribution in [2.24, 2.45) is 11.3 Å². The fraction of sp³-hybridized carbons (Fsp3) is 0.875. The molecular formula is C16H27NO3. The van der Waals surface area contributed by atoms with Crippen LogP contribution >= 0.6 is 0 Å². The van der Waals surface area contributed by atoms with E-state index in [1.165, 1.54) is 0 Å². The highest BCUT2D eigenvalue weighted by Gasteiger charge is 2.41. The van der Waals surface area contributed by atoms with Crippen LogP contribution in [0.1, 0.15) is 71.1 Å². The molecule has 0 aliphatic heterocycles. The molecule has 2 saturated carbocycles. The number of rotatable bonds is 4. The largest absolute Gasteiger partial charge is 0.481 e. The molecule has 0 atom stereocenters. The van der Waals surface area contributed by atoms with E-state index >= 15 is 0 Å². The quantitative estimate of drug-likeness (QED) is 0.832. The lowest BCUT2D eigenvalue weighted by molar-refractivity contribution is -0.154. The Morgan fingerprint density at radius 2 is 1.70 bits per heavy atom. The first-order valence-corrected chi connectivity index (χ1v) is 8.05. The van der Waals surface area contributed by atoms with E-state index < -0.39 is 11.4 Å². The monoisotopic (exact) mass is 281 g/mol. The molecule has 0 heterocycles. The Kier molecular flexibility index (Phi) is 5.06. The Balaban J connectivity index is 1.87. The fourth-order valence-electron chi connectivity index (χ4n) is 3.69. The zero-order chi connectivity index (χ0) is 14.6. The van der Waals surface area contributed by atoms with Gasteiger partial charge in [-0.3, -0.25) is 9.59 Å². The normalized spacial score (nSPS) is 29.6. The first-order chi connectivity index (χ1) is 9.52. The number of aliphatic carboxylic acids is 1. The van der Waals surface area contributed by atoms with Crippen molar-refractivity contribution < 1.29 is 14.7 Å². The molecule has 0 aromatic heterocycles. The van der Waals surface area contributed by atoms with Crippen molar-refractivity contribution >= 4 is 11.9 Å². The molecule has 2 aliphatic rings. The van der Waals surface area contributed by atoms with Crippen LogP contribution < -0.4 is 5.32 Å². The van der Waals surface area contributed by atoms with Gasteiger partial charge < -0.3 is 10.4 Å². The van der Waals surface area contributed by atoms with Gasteiger partial charge >= 0.3 is 5.97 Å². The SMILES string of the molecule is CC1CCC(NC(=O)CC2(C(=O)O)CCCCC2)CC1. The number of carbonyl (C=O) groups excluding carboxylic acids is 1. The molecular weight excluding hydrogens is 254 g/mol. The Morgan fingerprint density at radius 3 is 2.25 bits per heavy atom. The van der Waals surface area contributed by atoms with Gasteiger partial charge in [0.05, 0.1) is 5.41 Å². The van der Waals surface area contributed by atoms with Gasteiger partial charge in [0.2, 0.25) is 5.91 Å². The number of carboxylic acid groups (broad SMARTS) is 1. The van der Waals surface area contributed by atoms with Gasteiger partial charge in [0.15, 0.2) is 0 Å². The molecule has 0 bridgehead atoms. The van der Waals surface area contributed by atoms with Gasteiger partial charge in [-0.2, -0.15) is 0 Å². The molecule has 20 heavy (non-hydrogen) atoms. The van der Waals surface area contributed by atoms with Gasteiger partial charge in [0.25, 0.3) is 0 Å². The summed E-state index contributed by atoms with van der Waals surface area (Å²) in [4.78, 5) is 23.8. The lowest BCUT2D eigenvalue weighted by atomic mass is 9.71. The highest BCUT2D eigenvalue weighted by molar-refractivity contribution is 5.85. The van der Waals surface area contributed by atoms with Crippen LogP contribution in [0.5, 0.6) is 0 Å². The van der Waals surface area contributed by atoms with E-state index in [0.29, 0.717) is 12.8 Å². The molecule has 2 aliphatic carbocycles. The summed E-state index contributed by atoms with van der Waals surface area (Å²) in [5.41, 5.74) is -0.801. The fourth-order valence-corrected chi connectivity index (χ4v) is 3.69. The lowest BCUT2D eigenvalue weighted by Crippen LogP contribution is -2.43. The van der Waals surface area contributed by atoms with Gasteiger partial charge in [-0.1, -0.05) is 26.2 Å². The van der Waals surface area contributed by atoms with E-state index in [1.807, 2.05) is 0 Å². The molecule has 2 fully saturated rings. The summed E-state index contributed by atoms with van der Waals surface area (Å²) in [7, 11) is 0. The van der Waals surface area contributed by atoms with Gasteiger partial charge in [0.1, 0.15) is 0 Å². The smallest absolute Gasteiger partial charge is 0.310 e. The van der Waals surface area contributed by atoms with Crippen LogP contribution in [-0.2, 0) is 9.59 Å². The lowest BCUT2D eigenvalue weighted by Gasteiger charge is -2.34. The summed E-state index contributed by atoms with van der Waals surface area (Å²) in [5, 5.41) is 12.6. The summed E-state index contributed by atoms with van der Waals surface area (Å²) in [6.45, 7) is 2.25. The van der Waals surface area contributed by atoms with Crippen molar-refractivity contribution in [2.75, 3.05) is 0 Å². The number of carboxylic acids is 1. The van der Waals surface area contributed by atoms with Crippen molar-refractivity contribution in [3.8, 4) is 0 Å². The van der Waals surface area contributed by atoms with E-state index in [-0.39, 0.29) is 18.4 Å². The van der Waals surface area contributed by atoms with Gasteiger partial charge in [-0.25, -0.2) is 0 Å². The molecule has 0 saturated heterocycles. The van der Waals surface area contributed by atoms with Gasteiger partial charge in [-0.05, 0) is 44.4 Å². The average Bonchev–Trinajstić information content (AvgIpc) is 2.42. The second kappa shape index (κ2) is 6.59. The maximum absolute atomic E-state index is 12.2. The standard InChI is InChI=1S/C16H27NO3/c1-12-5-7-13(8-6-12)17-14(18)11-16(15(19)20)9-3-2-4-10-16/h12-13H,2-11H2,1H3,(H,17,18)(H,19,20). The van der Waals surface area contributed by atoms with Crippen LogP contribution in [0.25, 0.3) is 0 Å². The van der Waals surface area contributed by atoms with E-state index in [1.54, 1.807) is 0 Å². The van der Waals surface area contributed by atoms with Gasteiger partial charge in [-0.15, -0.1) is 0 Å². The molecule has 0 radical (unpaired) electrons. The van der Waals surface area contributed by atoms with Crippen molar-refractivity contribution in [1.82, 2.24) is 5.32 Å². The Hall–Kier alpha value is -1.06. The van der Waals surface area contributed by atoms with Crippen LogP contribution in [0.3, 0.4) is 0 Å². The number of carbonyl (C=O) groups is 2. The summed E-state index contributed by atoms with van der Waals surface area (Å²) >= 11 is 0. The molecule has 0 unspecified atom stereocenters. The maximum atomic E-state index is 12.2. The minimum atomic E-state index is -0.801. The predicted octanol–water partition coefficient (Wildman–Crippen LogP) is 3.11. The maximum Gasteiger partial charge on any atom is 0.310 e. The first kappa shape index (κ1) is 15.3. The summed E-state index contributed by atoms with van der Waals surface area (Å²) < 4.78 is 0. The minimum absolute atomic E-state index is 0.0612. The van der Waals surface area contributed by atoms with E-state index in [4.69, 9.17) is 0 Å². The van der Waals surface area contributed by atoms with Crippen molar-refractivity contribution in [2.45, 2.75) is 77.2 Å². The van der Waals surface area contributed by atoms with E-state index in [0.717, 1.165) is 50.9 Å². The van der Waals surface area contributed by atoms with Crippen LogP contribution in [0.2, 0.25) is 0 Å². The third-order valence-corrected chi connectivity index (χ3v) is 5.14. The molecule has 4 heteroatoms. The zero-order valence-electron chi connectivity index (χ0n) is 12.5. The Labute approximate surface area is 121 Å². The van der Waals surface area contributed by atoms with E-state index in [2.05, 4.69) is 12.2 Å². The molecule has 0 spiro atoms. The zero-order valence-corrected chi connectivity index (χ0v) is 12.5. The van der Waals surface area contributed by atoms with Crippen LogP contribution in [0, 0.1) is 11.3 Å². The first-order valence-electron chi connectivity index (χ1n) is 8.05. The van der Waals surface area contributed by atoms with Crippen LogP contribution in [-0.4, -0.2) is 23.0 Å². The van der Waals surface area contributed by atoms with Gasteiger partial charge in [0, 0.05) is 12.5 Å². The third kappa shape index (κ3) is 3.74. The summed E-state index contributed by atoms with van der Waals surface area (Å²) in [6.07, 6.45) is 8.81. The molecule has 2 N–H and O–H groups in total. The third-order valence-electron chi connectivity index (χ3n) is 5.14. The van der Waals surface area contributed by atoms with Crippen molar-refractivity contribution in [3.05, 3.63) is 0 Å². The van der Waals surface area contributed by atoms with Crippen LogP contribution in [0.4, 0.5) is 0 Å². The summed E-state index contributed by atoms with van der Waals surface area (Å²) in [5.74, 6) is -0.0923. The van der Waals surface area contributed by atoms with E-state index in [9.17, 15) is 14.7 Å². The topological polar surface area (TPSA) is 66.4 Å². The average molecular weight is 281 g/mol. The number of amides is 1. The second-order valence-electron chi connectivity index (χ2n) is 6.85. The molecule has 2 rings (SSSR count). The highest BCUT2D eigenvalue weighted by Crippen LogP contribution is 2.39. The summed E-state index contributed by atoms with van der Waals surface area (Å²) in [6, 6.07) is 0.258. The van der Waals surface area contributed by atoms with Crippen LogP contribution in [0.15, 0.2) is 0 Å². The van der Waals surface area contributed by atoms with Crippen molar-refractivity contribution in [3.63, 3.8) is 0 Å². The Bertz CT molecular complexity index is 353. The molecule has 1 amide bonds. The van der Waals surface area contributed by atoms with Crippen molar-refractivity contribution in [1.29, 1.82) is 0 Å². The number of hydrogen-bond acceptors (Lipinski definition) is 2.